The fraction of sp³-hybridized carbons (Fsp3) is 0.368. The lowest BCUT2D eigenvalue weighted by Crippen LogP contribution is -2.59. The van der Waals surface area contributed by atoms with Crippen molar-refractivity contribution in [1.29, 1.82) is 0 Å². The lowest BCUT2D eigenvalue weighted by molar-refractivity contribution is -0.385. The van der Waals surface area contributed by atoms with Crippen LogP contribution in [0.2, 0.25) is 0 Å². The highest BCUT2D eigenvalue weighted by Gasteiger charge is 2.56. The average molecular weight is 420 g/mol. The summed E-state index contributed by atoms with van der Waals surface area (Å²) in [6.45, 7) is 3.66. The van der Waals surface area contributed by atoms with Crippen LogP contribution >= 0.6 is 0 Å². The Kier molecular flexibility index (Phi) is 5.08. The van der Waals surface area contributed by atoms with E-state index in [1.54, 1.807) is 0 Å². The zero-order valence-electron chi connectivity index (χ0n) is 16.1. The summed E-state index contributed by atoms with van der Waals surface area (Å²) in [4.78, 5) is 35.4. The molecule has 0 unspecified atom stereocenters. The molecular formula is C19H20N2O7S. The van der Waals surface area contributed by atoms with Crippen LogP contribution in [0.1, 0.15) is 26.7 Å². The van der Waals surface area contributed by atoms with E-state index in [9.17, 15) is 28.1 Å². The van der Waals surface area contributed by atoms with E-state index in [1.807, 2.05) is 13.8 Å². The molecule has 0 spiro atoms. The summed E-state index contributed by atoms with van der Waals surface area (Å²) in [6.07, 6.45) is 2.84. The number of amides is 1. The number of nitro groups is 1. The summed E-state index contributed by atoms with van der Waals surface area (Å²) < 4.78 is 32.3. The van der Waals surface area contributed by atoms with Gasteiger partial charge in [0.25, 0.3) is 21.6 Å². The normalized spacial score (nSPS) is 24.3. The van der Waals surface area contributed by atoms with E-state index < -0.39 is 48.9 Å². The van der Waals surface area contributed by atoms with Crippen molar-refractivity contribution >= 4 is 27.6 Å². The van der Waals surface area contributed by atoms with Crippen LogP contribution in [0.15, 0.2) is 52.5 Å². The first kappa shape index (κ1) is 20.7. The Bertz CT molecular complexity index is 1070. The van der Waals surface area contributed by atoms with E-state index in [-0.39, 0.29) is 12.8 Å². The molecule has 0 N–H and O–H groups in total. The monoisotopic (exact) mass is 420 g/mol. The molecule has 1 amide bonds. The molecule has 0 fully saturated rings. The summed E-state index contributed by atoms with van der Waals surface area (Å²) in [7, 11) is -3.25. The number of ether oxygens (including phenoxy) is 1. The number of sulfonamides is 1. The number of carbonyl (C=O) groups excluding carboxylic acids is 2. The Morgan fingerprint density at radius 3 is 2.62 bits per heavy atom. The lowest BCUT2D eigenvalue weighted by atomic mass is 9.67. The van der Waals surface area contributed by atoms with Gasteiger partial charge in [-0.15, -0.1) is 0 Å². The molecule has 1 aliphatic carbocycles. The molecule has 2 atom stereocenters. The van der Waals surface area contributed by atoms with Crippen LogP contribution in [-0.4, -0.2) is 42.7 Å². The molecule has 1 aromatic rings. The molecule has 1 heterocycles. The standard InChI is InChI=1S/C19H20N2O7S/c1-12-9-16-19(11-13(12)2,18(23)28-3)8-7-17(22)20(16)29(26,27)15-6-4-5-14(10-15)21(24)25/h4-8,10,16H,9,11H2,1-3H3/t16-,19-/m1/s1. The van der Waals surface area contributed by atoms with Crippen LogP contribution in [-0.2, 0) is 24.3 Å². The smallest absolute Gasteiger partial charge is 0.318 e. The third-order valence-corrected chi connectivity index (χ3v) is 7.36. The molecule has 0 radical (unpaired) electrons. The molecule has 154 valence electrons. The van der Waals surface area contributed by atoms with Gasteiger partial charge >= 0.3 is 5.97 Å². The SMILES string of the molecule is COC(=O)[C@@]12C=CC(=O)N(S(=O)(=O)c3cccc([N+](=O)[O-])c3)[C@@H]1CC(C)=C(C)C2. The lowest BCUT2D eigenvalue weighted by Gasteiger charge is -2.47. The average Bonchev–Trinajstić information content (AvgIpc) is 2.68. The highest BCUT2D eigenvalue weighted by molar-refractivity contribution is 7.89. The molecule has 1 aliphatic heterocycles. The van der Waals surface area contributed by atoms with Crippen LogP contribution in [0.25, 0.3) is 0 Å². The van der Waals surface area contributed by atoms with Gasteiger partial charge in [0.2, 0.25) is 0 Å². The number of methoxy groups -OCH3 is 1. The van der Waals surface area contributed by atoms with Gasteiger partial charge in [-0.3, -0.25) is 19.7 Å². The van der Waals surface area contributed by atoms with Gasteiger partial charge in [0.15, 0.2) is 0 Å². The summed E-state index contributed by atoms with van der Waals surface area (Å²) in [5.74, 6) is -1.45. The minimum absolute atomic E-state index is 0.158. The van der Waals surface area contributed by atoms with E-state index in [4.69, 9.17) is 4.74 Å². The summed E-state index contributed by atoms with van der Waals surface area (Å²) in [5, 5.41) is 11.1. The van der Waals surface area contributed by atoms with Gasteiger partial charge in [-0.25, -0.2) is 12.7 Å². The van der Waals surface area contributed by atoms with Crippen molar-refractivity contribution < 1.29 is 27.7 Å². The van der Waals surface area contributed by atoms with E-state index in [0.717, 1.165) is 29.4 Å². The fourth-order valence-electron chi connectivity index (χ4n) is 3.89. The third-order valence-electron chi connectivity index (χ3n) is 5.55. The van der Waals surface area contributed by atoms with E-state index >= 15 is 0 Å². The van der Waals surface area contributed by atoms with Gasteiger partial charge in [0, 0.05) is 18.2 Å². The molecule has 29 heavy (non-hydrogen) atoms. The fourth-order valence-corrected chi connectivity index (χ4v) is 5.53. The number of nitrogens with zero attached hydrogens (tertiary/aromatic N) is 2. The largest absolute Gasteiger partial charge is 0.468 e. The Morgan fingerprint density at radius 2 is 2.00 bits per heavy atom. The first-order valence-electron chi connectivity index (χ1n) is 8.80. The Morgan fingerprint density at radius 1 is 1.31 bits per heavy atom. The number of hydrogen-bond donors (Lipinski definition) is 0. The van der Waals surface area contributed by atoms with Gasteiger partial charge in [0.05, 0.1) is 23.0 Å². The van der Waals surface area contributed by atoms with Crippen molar-refractivity contribution in [3.05, 3.63) is 57.7 Å². The Labute approximate surface area is 167 Å². The van der Waals surface area contributed by atoms with Crippen molar-refractivity contribution in [2.75, 3.05) is 7.11 Å². The number of carbonyl (C=O) groups is 2. The molecule has 3 rings (SSSR count). The predicted octanol–water partition coefficient (Wildman–Crippen LogP) is 2.34. The number of non-ortho nitro benzene ring substituents is 1. The number of benzene rings is 1. The number of allylic oxidation sites excluding steroid dienone is 1. The number of nitro benzene ring substituents is 1. The Hall–Kier alpha value is -3.01. The van der Waals surface area contributed by atoms with Gasteiger partial charge in [-0.05, 0) is 32.8 Å². The molecule has 0 bridgehead atoms. The third kappa shape index (κ3) is 3.23. The topological polar surface area (TPSA) is 124 Å². The summed E-state index contributed by atoms with van der Waals surface area (Å²) in [5.41, 5.74) is 0.0242. The maximum absolute atomic E-state index is 13.3. The quantitative estimate of drug-likeness (QED) is 0.317. The molecular weight excluding hydrogens is 400 g/mol. The van der Waals surface area contributed by atoms with Gasteiger partial charge in [0.1, 0.15) is 5.41 Å². The van der Waals surface area contributed by atoms with Gasteiger partial charge in [-0.1, -0.05) is 23.3 Å². The summed E-state index contributed by atoms with van der Waals surface area (Å²) >= 11 is 0. The van der Waals surface area contributed by atoms with E-state index in [0.29, 0.717) is 4.31 Å². The van der Waals surface area contributed by atoms with Crippen molar-refractivity contribution in [3.63, 3.8) is 0 Å². The Balaban J connectivity index is 2.19. The predicted molar refractivity (Wildman–Crippen MR) is 102 cm³/mol. The van der Waals surface area contributed by atoms with Crippen LogP contribution in [0, 0.1) is 15.5 Å². The number of hydrogen-bond acceptors (Lipinski definition) is 7. The number of fused-ring (bicyclic) bond motifs is 1. The number of esters is 1. The molecule has 0 aromatic heterocycles. The van der Waals surface area contributed by atoms with Crippen molar-refractivity contribution in [2.24, 2.45) is 5.41 Å². The zero-order valence-corrected chi connectivity index (χ0v) is 16.9. The van der Waals surface area contributed by atoms with Gasteiger partial charge in [-0.2, -0.15) is 0 Å². The molecule has 0 saturated heterocycles. The molecule has 0 saturated carbocycles. The van der Waals surface area contributed by atoms with E-state index in [1.165, 1.54) is 25.3 Å². The maximum Gasteiger partial charge on any atom is 0.318 e. The van der Waals surface area contributed by atoms with Crippen LogP contribution < -0.4 is 0 Å². The first-order valence-corrected chi connectivity index (χ1v) is 10.2. The second kappa shape index (κ2) is 7.11. The second-order valence-electron chi connectivity index (χ2n) is 7.22. The number of rotatable bonds is 4. The first-order chi connectivity index (χ1) is 13.5. The van der Waals surface area contributed by atoms with Crippen molar-refractivity contribution in [3.8, 4) is 0 Å². The van der Waals surface area contributed by atoms with Crippen molar-refractivity contribution in [1.82, 2.24) is 4.31 Å². The van der Waals surface area contributed by atoms with Crippen LogP contribution in [0.5, 0.6) is 0 Å². The van der Waals surface area contributed by atoms with Crippen molar-refractivity contribution in [2.45, 2.75) is 37.6 Å². The minimum atomic E-state index is -4.46. The minimum Gasteiger partial charge on any atom is -0.468 e. The highest BCUT2D eigenvalue weighted by atomic mass is 32.2. The van der Waals surface area contributed by atoms with Gasteiger partial charge < -0.3 is 4.74 Å². The molecule has 1 aromatic carbocycles. The zero-order chi connectivity index (χ0) is 21.6. The molecule has 9 nitrogen and oxygen atoms in total. The second-order valence-corrected chi connectivity index (χ2v) is 9.03. The van der Waals surface area contributed by atoms with Crippen LogP contribution in [0.3, 0.4) is 0 Å². The van der Waals surface area contributed by atoms with E-state index in [2.05, 4.69) is 0 Å². The maximum atomic E-state index is 13.3. The molecule has 10 heteroatoms. The van der Waals surface area contributed by atoms with Crippen LogP contribution in [0.4, 0.5) is 5.69 Å². The highest BCUT2D eigenvalue weighted by Crippen LogP contribution is 2.47. The summed E-state index contributed by atoms with van der Waals surface area (Å²) in [6, 6.07) is 3.45. The molecule has 2 aliphatic rings.